The first kappa shape index (κ1) is 15.7. The number of amides is 1. The highest BCUT2D eigenvalue weighted by Crippen LogP contribution is 2.25. The molecule has 0 bridgehead atoms. The number of nitrogens with zero attached hydrogens (tertiary/aromatic N) is 1. The molecule has 2 rings (SSSR count). The molecule has 0 aliphatic carbocycles. The Kier molecular flexibility index (Phi) is 5.08. The van der Waals surface area contributed by atoms with E-state index in [4.69, 9.17) is 0 Å². The van der Waals surface area contributed by atoms with Gasteiger partial charge in [-0.2, -0.15) is 0 Å². The van der Waals surface area contributed by atoms with E-state index in [1.54, 1.807) is 5.38 Å². The van der Waals surface area contributed by atoms with Crippen molar-refractivity contribution in [3.63, 3.8) is 0 Å². The number of rotatable bonds is 6. The summed E-state index contributed by atoms with van der Waals surface area (Å²) >= 11 is 1.13. The highest BCUT2D eigenvalue weighted by Gasteiger charge is 2.19. The lowest BCUT2D eigenvalue weighted by Crippen LogP contribution is -2.23. The lowest BCUT2D eigenvalue weighted by Gasteiger charge is -2.02. The van der Waals surface area contributed by atoms with Crippen molar-refractivity contribution in [2.24, 2.45) is 0 Å². The lowest BCUT2D eigenvalue weighted by atomic mass is 10.2. The molecular weight excluding hydrogens is 308 g/mol. The SMILES string of the molecule is CC(=O)NCCCS(=O)(=O)c1nc(-c2ccccc2)cs1. The Balaban J connectivity index is 2.04. The summed E-state index contributed by atoms with van der Waals surface area (Å²) in [6.07, 6.45) is 0.377. The third kappa shape index (κ3) is 4.37. The maximum absolute atomic E-state index is 12.2. The van der Waals surface area contributed by atoms with Crippen LogP contribution in [0.4, 0.5) is 0 Å². The molecule has 0 aliphatic rings. The van der Waals surface area contributed by atoms with Crippen molar-refractivity contribution in [1.82, 2.24) is 10.3 Å². The van der Waals surface area contributed by atoms with Crippen LogP contribution < -0.4 is 5.32 Å². The molecule has 1 aromatic carbocycles. The van der Waals surface area contributed by atoms with Gasteiger partial charge in [0, 0.05) is 24.4 Å². The molecule has 0 radical (unpaired) electrons. The number of carbonyl (C=O) groups is 1. The van der Waals surface area contributed by atoms with Gasteiger partial charge >= 0.3 is 0 Å². The standard InChI is InChI=1S/C14H16N2O3S2/c1-11(17)15-8-5-9-21(18,19)14-16-13(10-20-14)12-6-3-2-4-7-12/h2-4,6-7,10H,5,8-9H2,1H3,(H,15,17). The smallest absolute Gasteiger partial charge is 0.216 e. The summed E-state index contributed by atoms with van der Waals surface area (Å²) in [4.78, 5) is 14.9. The number of sulfone groups is 1. The van der Waals surface area contributed by atoms with Crippen molar-refractivity contribution >= 4 is 27.1 Å². The second-order valence-electron chi connectivity index (χ2n) is 4.52. The van der Waals surface area contributed by atoms with E-state index in [0.29, 0.717) is 18.7 Å². The summed E-state index contributed by atoms with van der Waals surface area (Å²) in [6.45, 7) is 1.76. The molecule has 1 N–H and O–H groups in total. The quantitative estimate of drug-likeness (QED) is 0.826. The third-order valence-corrected chi connectivity index (χ3v) is 5.92. The summed E-state index contributed by atoms with van der Waals surface area (Å²) in [5.41, 5.74) is 1.56. The average Bonchev–Trinajstić information content (AvgIpc) is 2.95. The molecule has 0 saturated carbocycles. The first-order valence-corrected chi connectivity index (χ1v) is 9.00. The Hall–Kier alpha value is -1.73. The molecule has 0 fully saturated rings. The Bertz CT molecular complexity index is 709. The first-order chi connectivity index (χ1) is 9.99. The summed E-state index contributed by atoms with van der Waals surface area (Å²) in [6, 6.07) is 9.45. The van der Waals surface area contributed by atoms with Crippen LogP contribution in [-0.2, 0) is 14.6 Å². The second-order valence-corrected chi connectivity index (χ2v) is 7.66. The average molecular weight is 324 g/mol. The minimum Gasteiger partial charge on any atom is -0.356 e. The number of hydrogen-bond acceptors (Lipinski definition) is 5. The normalized spacial score (nSPS) is 11.3. The molecule has 21 heavy (non-hydrogen) atoms. The third-order valence-electron chi connectivity index (χ3n) is 2.78. The molecule has 0 atom stereocenters. The molecule has 1 heterocycles. The van der Waals surface area contributed by atoms with E-state index >= 15 is 0 Å². The summed E-state index contributed by atoms with van der Waals surface area (Å²) in [5, 5.41) is 4.33. The number of thiazole rings is 1. The van der Waals surface area contributed by atoms with Gasteiger partial charge in [-0.3, -0.25) is 4.79 Å². The van der Waals surface area contributed by atoms with Crippen LogP contribution in [0.1, 0.15) is 13.3 Å². The maximum atomic E-state index is 12.2. The fourth-order valence-corrected chi connectivity index (χ4v) is 4.23. The van der Waals surface area contributed by atoms with Crippen LogP contribution in [0.2, 0.25) is 0 Å². The van der Waals surface area contributed by atoms with E-state index in [9.17, 15) is 13.2 Å². The minimum atomic E-state index is -3.39. The van der Waals surface area contributed by atoms with Crippen molar-refractivity contribution in [3.05, 3.63) is 35.7 Å². The molecule has 5 nitrogen and oxygen atoms in total. The molecule has 7 heteroatoms. The number of nitrogens with one attached hydrogen (secondary N) is 1. The predicted molar refractivity (Wildman–Crippen MR) is 82.9 cm³/mol. The van der Waals surface area contributed by atoms with Gasteiger partial charge < -0.3 is 5.32 Å². The van der Waals surface area contributed by atoms with Gasteiger partial charge in [0.05, 0.1) is 11.4 Å². The topological polar surface area (TPSA) is 76.1 Å². The van der Waals surface area contributed by atoms with Crippen LogP contribution in [0.25, 0.3) is 11.3 Å². The van der Waals surface area contributed by atoms with Gasteiger partial charge in [0.15, 0.2) is 0 Å². The van der Waals surface area contributed by atoms with Crippen LogP contribution >= 0.6 is 11.3 Å². The van der Waals surface area contributed by atoms with E-state index in [0.717, 1.165) is 16.9 Å². The molecule has 1 aromatic heterocycles. The van der Waals surface area contributed by atoms with Crippen molar-refractivity contribution in [2.75, 3.05) is 12.3 Å². The van der Waals surface area contributed by atoms with Crippen molar-refractivity contribution in [1.29, 1.82) is 0 Å². The Morgan fingerprint density at radius 2 is 2.00 bits per heavy atom. The largest absolute Gasteiger partial charge is 0.356 e. The molecule has 0 aliphatic heterocycles. The molecule has 0 spiro atoms. The van der Waals surface area contributed by atoms with Gasteiger partial charge in [0.2, 0.25) is 20.1 Å². The van der Waals surface area contributed by atoms with Gasteiger partial charge in [-0.25, -0.2) is 13.4 Å². The zero-order chi connectivity index (χ0) is 15.3. The van der Waals surface area contributed by atoms with E-state index in [1.807, 2.05) is 30.3 Å². The van der Waals surface area contributed by atoms with Crippen LogP contribution in [0.5, 0.6) is 0 Å². The molecule has 2 aromatic rings. The highest BCUT2D eigenvalue weighted by atomic mass is 32.2. The van der Waals surface area contributed by atoms with Gasteiger partial charge in [0.25, 0.3) is 0 Å². The fraction of sp³-hybridized carbons (Fsp3) is 0.286. The monoisotopic (exact) mass is 324 g/mol. The van der Waals surface area contributed by atoms with E-state index in [2.05, 4.69) is 10.3 Å². The highest BCUT2D eigenvalue weighted by molar-refractivity contribution is 7.93. The van der Waals surface area contributed by atoms with Crippen LogP contribution in [0.15, 0.2) is 40.1 Å². The Labute approximate surface area is 128 Å². The van der Waals surface area contributed by atoms with Crippen molar-refractivity contribution < 1.29 is 13.2 Å². The van der Waals surface area contributed by atoms with Crippen molar-refractivity contribution in [2.45, 2.75) is 17.7 Å². The zero-order valence-electron chi connectivity index (χ0n) is 11.6. The summed E-state index contributed by atoms with van der Waals surface area (Å²) < 4.78 is 24.4. The molecule has 0 saturated heterocycles. The van der Waals surface area contributed by atoms with Crippen molar-refractivity contribution in [3.8, 4) is 11.3 Å². The number of benzene rings is 1. The van der Waals surface area contributed by atoms with E-state index in [1.165, 1.54) is 6.92 Å². The molecule has 112 valence electrons. The first-order valence-electron chi connectivity index (χ1n) is 6.47. The summed E-state index contributed by atoms with van der Waals surface area (Å²) in [7, 11) is -3.39. The van der Waals surface area contributed by atoms with Crippen LogP contribution in [0, 0.1) is 0 Å². The number of hydrogen-bond donors (Lipinski definition) is 1. The Morgan fingerprint density at radius 1 is 1.29 bits per heavy atom. The minimum absolute atomic E-state index is 0.0188. The maximum Gasteiger partial charge on any atom is 0.216 e. The van der Waals surface area contributed by atoms with Gasteiger partial charge in [-0.1, -0.05) is 30.3 Å². The van der Waals surface area contributed by atoms with Gasteiger partial charge in [-0.15, -0.1) is 11.3 Å². The zero-order valence-corrected chi connectivity index (χ0v) is 13.2. The summed E-state index contributed by atoms with van der Waals surface area (Å²) in [5.74, 6) is -0.178. The predicted octanol–water partition coefficient (Wildman–Crippen LogP) is 2.11. The molecular formula is C14H16N2O3S2. The molecule has 1 amide bonds. The second kappa shape index (κ2) is 6.82. The van der Waals surface area contributed by atoms with Crippen LogP contribution in [0.3, 0.4) is 0 Å². The number of carbonyl (C=O) groups excluding carboxylic acids is 1. The fourth-order valence-electron chi connectivity index (χ4n) is 1.76. The number of aromatic nitrogens is 1. The molecule has 0 unspecified atom stereocenters. The Morgan fingerprint density at radius 3 is 2.67 bits per heavy atom. The van der Waals surface area contributed by atoms with Gasteiger partial charge in [-0.05, 0) is 6.42 Å². The lowest BCUT2D eigenvalue weighted by molar-refractivity contribution is -0.118. The van der Waals surface area contributed by atoms with E-state index in [-0.39, 0.29) is 16.0 Å². The van der Waals surface area contributed by atoms with Gasteiger partial charge in [0.1, 0.15) is 0 Å². The van der Waals surface area contributed by atoms with E-state index < -0.39 is 9.84 Å². The van der Waals surface area contributed by atoms with Crippen LogP contribution in [-0.4, -0.2) is 31.6 Å².